The molecule has 0 N–H and O–H groups in total. The van der Waals surface area contributed by atoms with E-state index >= 15 is 0 Å². The van der Waals surface area contributed by atoms with Gasteiger partial charge in [0.15, 0.2) is 9.84 Å². The molecule has 1 aromatic heterocycles. The Labute approximate surface area is 159 Å². The molecule has 7 heteroatoms. The zero-order valence-corrected chi connectivity index (χ0v) is 16.5. The van der Waals surface area contributed by atoms with Crippen LogP contribution in [-0.4, -0.2) is 32.0 Å². The van der Waals surface area contributed by atoms with E-state index in [9.17, 15) is 13.2 Å². The minimum Gasteiger partial charge on any atom is -0.497 e. The molecule has 1 aliphatic rings. The number of Topliss-reactive ketones (excluding diaryl/α,β-unsaturated/α-hetero) is 1. The summed E-state index contributed by atoms with van der Waals surface area (Å²) in [4.78, 5) is 16.5. The Kier molecular flexibility index (Phi) is 5.99. The maximum Gasteiger partial charge on any atom is 0.226 e. The zero-order valence-electron chi connectivity index (χ0n) is 15.7. The number of hydrogen-bond acceptors (Lipinski definition) is 6. The van der Waals surface area contributed by atoms with Crippen LogP contribution in [0.2, 0.25) is 0 Å². The van der Waals surface area contributed by atoms with E-state index < -0.39 is 15.6 Å². The topological polar surface area (TPSA) is 86.5 Å². The van der Waals surface area contributed by atoms with Gasteiger partial charge in [-0.05, 0) is 31.0 Å². The fourth-order valence-corrected chi connectivity index (χ4v) is 4.94. The SMILES string of the molecule is COc1cccc(-c2nc(CS(=O)(=O)CC(=O)CC3CCCC3)c(C)o2)c1. The Hall–Kier alpha value is -2.15. The number of aromatic nitrogens is 1. The van der Waals surface area contributed by atoms with Gasteiger partial charge in [-0.25, -0.2) is 13.4 Å². The first kappa shape index (κ1) is 19.6. The summed E-state index contributed by atoms with van der Waals surface area (Å²) in [6, 6.07) is 7.21. The monoisotopic (exact) mass is 391 g/mol. The van der Waals surface area contributed by atoms with E-state index in [2.05, 4.69) is 4.98 Å². The Morgan fingerprint density at radius 2 is 2.04 bits per heavy atom. The Morgan fingerprint density at radius 3 is 2.74 bits per heavy atom. The number of nitrogens with zero attached hydrogens (tertiary/aromatic N) is 1. The fourth-order valence-electron chi connectivity index (χ4n) is 3.54. The van der Waals surface area contributed by atoms with E-state index in [0.717, 1.165) is 25.7 Å². The van der Waals surface area contributed by atoms with Crippen LogP contribution in [0.25, 0.3) is 11.5 Å². The molecule has 0 amide bonds. The molecule has 0 saturated heterocycles. The smallest absolute Gasteiger partial charge is 0.226 e. The molecular formula is C20H25NO5S. The highest BCUT2D eigenvalue weighted by molar-refractivity contribution is 7.91. The maximum atomic E-state index is 12.5. The highest BCUT2D eigenvalue weighted by atomic mass is 32.2. The van der Waals surface area contributed by atoms with Gasteiger partial charge in [-0.15, -0.1) is 0 Å². The van der Waals surface area contributed by atoms with Gasteiger partial charge in [-0.2, -0.15) is 0 Å². The van der Waals surface area contributed by atoms with Gasteiger partial charge in [0.2, 0.25) is 5.89 Å². The van der Waals surface area contributed by atoms with Crippen LogP contribution in [0, 0.1) is 12.8 Å². The van der Waals surface area contributed by atoms with Crippen LogP contribution in [0.4, 0.5) is 0 Å². The fraction of sp³-hybridized carbons (Fsp3) is 0.500. The van der Waals surface area contributed by atoms with Crippen molar-refractivity contribution in [3.8, 4) is 17.2 Å². The lowest BCUT2D eigenvalue weighted by molar-refractivity contribution is -0.117. The lowest BCUT2D eigenvalue weighted by atomic mass is 10.0. The molecule has 2 aromatic rings. The van der Waals surface area contributed by atoms with Crippen LogP contribution in [0.5, 0.6) is 5.75 Å². The molecule has 1 fully saturated rings. The van der Waals surface area contributed by atoms with Crippen molar-refractivity contribution in [3.63, 3.8) is 0 Å². The van der Waals surface area contributed by atoms with Gasteiger partial charge in [0.1, 0.15) is 23.0 Å². The number of hydrogen-bond donors (Lipinski definition) is 0. The highest BCUT2D eigenvalue weighted by Crippen LogP contribution is 2.28. The Balaban J connectivity index is 1.69. The van der Waals surface area contributed by atoms with Crippen molar-refractivity contribution >= 4 is 15.6 Å². The van der Waals surface area contributed by atoms with Crippen molar-refractivity contribution in [2.75, 3.05) is 12.9 Å². The first-order valence-corrected chi connectivity index (χ1v) is 11.0. The number of rotatable bonds is 8. The van der Waals surface area contributed by atoms with Crippen molar-refractivity contribution in [2.45, 2.75) is 44.8 Å². The second kappa shape index (κ2) is 8.25. The van der Waals surface area contributed by atoms with Crippen molar-refractivity contribution < 1.29 is 22.4 Å². The molecule has 1 heterocycles. The summed E-state index contributed by atoms with van der Waals surface area (Å²) in [6.07, 6.45) is 4.69. The minimum absolute atomic E-state index is 0.198. The summed E-state index contributed by atoms with van der Waals surface area (Å²) >= 11 is 0. The summed E-state index contributed by atoms with van der Waals surface area (Å²) < 4.78 is 35.8. The number of benzene rings is 1. The molecule has 6 nitrogen and oxygen atoms in total. The van der Waals surface area contributed by atoms with Crippen LogP contribution in [0.15, 0.2) is 28.7 Å². The van der Waals surface area contributed by atoms with Crippen LogP contribution in [0.3, 0.4) is 0 Å². The van der Waals surface area contributed by atoms with E-state index in [-0.39, 0.29) is 11.5 Å². The number of aryl methyl sites for hydroxylation is 1. The van der Waals surface area contributed by atoms with E-state index in [1.54, 1.807) is 26.2 Å². The molecule has 1 aromatic carbocycles. The molecule has 0 bridgehead atoms. The Morgan fingerprint density at radius 1 is 1.30 bits per heavy atom. The number of carbonyl (C=O) groups excluding carboxylic acids is 1. The summed E-state index contributed by atoms with van der Waals surface area (Å²) in [5, 5.41) is 0. The van der Waals surface area contributed by atoms with Gasteiger partial charge in [-0.3, -0.25) is 4.79 Å². The molecule has 0 atom stereocenters. The summed E-state index contributed by atoms with van der Waals surface area (Å²) in [6.45, 7) is 1.68. The van der Waals surface area contributed by atoms with E-state index in [1.165, 1.54) is 0 Å². The maximum absolute atomic E-state index is 12.5. The van der Waals surface area contributed by atoms with Crippen LogP contribution in [0.1, 0.15) is 43.6 Å². The average Bonchev–Trinajstić information content (AvgIpc) is 3.24. The lowest BCUT2D eigenvalue weighted by Gasteiger charge is -2.07. The largest absolute Gasteiger partial charge is 0.497 e. The molecule has 146 valence electrons. The highest BCUT2D eigenvalue weighted by Gasteiger charge is 2.25. The van der Waals surface area contributed by atoms with Crippen LogP contribution >= 0.6 is 0 Å². The van der Waals surface area contributed by atoms with Crippen molar-refractivity contribution in [2.24, 2.45) is 5.92 Å². The third-order valence-electron chi connectivity index (χ3n) is 4.94. The molecule has 0 spiro atoms. The van der Waals surface area contributed by atoms with E-state index in [0.29, 0.717) is 41.0 Å². The minimum atomic E-state index is -3.58. The molecule has 1 saturated carbocycles. The van der Waals surface area contributed by atoms with Gasteiger partial charge in [-0.1, -0.05) is 31.7 Å². The number of sulfone groups is 1. The quantitative estimate of drug-likeness (QED) is 0.682. The number of methoxy groups -OCH3 is 1. The number of carbonyl (C=O) groups is 1. The van der Waals surface area contributed by atoms with Gasteiger partial charge < -0.3 is 9.15 Å². The molecule has 0 aliphatic heterocycles. The van der Waals surface area contributed by atoms with Crippen LogP contribution in [-0.2, 0) is 20.4 Å². The standard InChI is InChI=1S/C20H25NO5S/c1-14-19(21-20(26-14)16-8-5-9-18(11-16)25-2)13-27(23,24)12-17(22)10-15-6-3-4-7-15/h5,8-9,11,15H,3-4,6-7,10,12-13H2,1-2H3. The zero-order chi connectivity index (χ0) is 19.4. The van der Waals surface area contributed by atoms with Gasteiger partial charge in [0, 0.05) is 12.0 Å². The molecule has 0 radical (unpaired) electrons. The third kappa shape index (κ3) is 5.19. The predicted molar refractivity (Wildman–Crippen MR) is 102 cm³/mol. The summed E-state index contributed by atoms with van der Waals surface area (Å²) in [5.41, 5.74) is 1.06. The lowest BCUT2D eigenvalue weighted by Crippen LogP contribution is -2.20. The van der Waals surface area contributed by atoms with Gasteiger partial charge in [0.05, 0.1) is 18.6 Å². The van der Waals surface area contributed by atoms with E-state index in [4.69, 9.17) is 9.15 Å². The van der Waals surface area contributed by atoms with Crippen molar-refractivity contribution in [1.29, 1.82) is 0 Å². The number of ether oxygens (including phenoxy) is 1. The predicted octanol–water partition coefficient (Wildman–Crippen LogP) is 3.72. The molecule has 0 unspecified atom stereocenters. The number of oxazole rings is 1. The molecule has 1 aliphatic carbocycles. The van der Waals surface area contributed by atoms with Gasteiger partial charge in [0.25, 0.3) is 0 Å². The molecular weight excluding hydrogens is 366 g/mol. The first-order valence-electron chi connectivity index (χ1n) is 9.19. The van der Waals surface area contributed by atoms with Gasteiger partial charge >= 0.3 is 0 Å². The Bertz CT molecular complexity index is 910. The van der Waals surface area contributed by atoms with E-state index in [1.807, 2.05) is 12.1 Å². The van der Waals surface area contributed by atoms with Crippen LogP contribution < -0.4 is 4.74 Å². The second-order valence-corrected chi connectivity index (χ2v) is 9.24. The average molecular weight is 391 g/mol. The third-order valence-corrected chi connectivity index (χ3v) is 6.41. The molecule has 27 heavy (non-hydrogen) atoms. The molecule has 3 rings (SSSR count). The first-order chi connectivity index (χ1) is 12.9. The second-order valence-electron chi connectivity index (χ2n) is 7.18. The summed E-state index contributed by atoms with van der Waals surface area (Å²) in [5.74, 6) is 0.883. The normalized spacial score (nSPS) is 15.2. The summed E-state index contributed by atoms with van der Waals surface area (Å²) in [7, 11) is -2.01. The van der Waals surface area contributed by atoms with Crippen molar-refractivity contribution in [1.82, 2.24) is 4.98 Å². The number of ketones is 1. The van der Waals surface area contributed by atoms with Crippen molar-refractivity contribution in [3.05, 3.63) is 35.7 Å².